The number of nitrogens with zero attached hydrogens (tertiary/aromatic N) is 1. The molecular weight excluding hydrogens is 296 g/mol. The maximum absolute atomic E-state index is 11.8. The normalized spacial score (nSPS) is 10.5. The van der Waals surface area contributed by atoms with Crippen LogP contribution >= 0.6 is 0 Å². The highest BCUT2D eigenvalue weighted by Gasteiger charge is 2.09. The van der Waals surface area contributed by atoms with Gasteiger partial charge in [-0.15, -0.1) is 0 Å². The van der Waals surface area contributed by atoms with Gasteiger partial charge in [0, 0.05) is 18.5 Å². The first-order valence-corrected chi connectivity index (χ1v) is 7.48. The predicted molar refractivity (Wildman–Crippen MR) is 84.4 cm³/mol. The zero-order valence-electron chi connectivity index (χ0n) is 13.3. The lowest BCUT2D eigenvalue weighted by molar-refractivity contribution is -0.121. The Morgan fingerprint density at radius 1 is 1.17 bits per heavy atom. The highest BCUT2D eigenvalue weighted by Crippen LogP contribution is 2.12. The Labute approximate surface area is 134 Å². The molecule has 1 aromatic carbocycles. The average molecular weight is 316 g/mol. The van der Waals surface area contributed by atoms with Crippen LogP contribution in [-0.4, -0.2) is 28.7 Å². The summed E-state index contributed by atoms with van der Waals surface area (Å²) in [5.74, 6) is -0.192. The van der Waals surface area contributed by atoms with Crippen molar-refractivity contribution in [1.82, 2.24) is 10.5 Å². The number of amides is 1. The smallest absolute Gasteiger partial charge is 0.335 e. The van der Waals surface area contributed by atoms with Gasteiger partial charge in [-0.3, -0.25) is 4.79 Å². The molecule has 0 bridgehead atoms. The van der Waals surface area contributed by atoms with Gasteiger partial charge in [0.15, 0.2) is 0 Å². The molecule has 1 heterocycles. The van der Waals surface area contributed by atoms with Crippen LogP contribution in [0, 0.1) is 13.8 Å². The summed E-state index contributed by atoms with van der Waals surface area (Å²) in [6.07, 6.45) is 1.64. The number of hydrogen-bond donors (Lipinski definition) is 2. The molecular formula is C17H20N2O4. The van der Waals surface area contributed by atoms with E-state index in [9.17, 15) is 9.59 Å². The van der Waals surface area contributed by atoms with E-state index in [1.165, 1.54) is 0 Å². The molecule has 0 fully saturated rings. The van der Waals surface area contributed by atoms with Crippen molar-refractivity contribution < 1.29 is 19.2 Å². The molecule has 1 aromatic heterocycles. The predicted octanol–water partition coefficient (Wildman–Crippen LogP) is 2.28. The number of nitrogens with one attached hydrogen (secondary N) is 1. The van der Waals surface area contributed by atoms with Crippen LogP contribution in [0.25, 0.3) is 0 Å². The van der Waals surface area contributed by atoms with Crippen molar-refractivity contribution in [3.05, 3.63) is 52.4 Å². The third-order valence-electron chi connectivity index (χ3n) is 3.72. The van der Waals surface area contributed by atoms with Gasteiger partial charge in [0.05, 0.1) is 11.3 Å². The van der Waals surface area contributed by atoms with E-state index in [1.807, 2.05) is 13.8 Å². The van der Waals surface area contributed by atoms with Gasteiger partial charge in [0.25, 0.3) is 0 Å². The first-order chi connectivity index (χ1) is 11.0. The summed E-state index contributed by atoms with van der Waals surface area (Å²) in [6, 6.07) is 6.57. The molecule has 2 rings (SSSR count). The summed E-state index contributed by atoms with van der Waals surface area (Å²) in [5.41, 5.74) is 3.08. The van der Waals surface area contributed by atoms with Crippen LogP contribution in [0.5, 0.6) is 0 Å². The second-order valence-corrected chi connectivity index (χ2v) is 5.40. The monoisotopic (exact) mass is 316 g/mol. The second kappa shape index (κ2) is 7.58. The van der Waals surface area contributed by atoms with Gasteiger partial charge in [-0.2, -0.15) is 0 Å². The van der Waals surface area contributed by atoms with Crippen LogP contribution in [0.3, 0.4) is 0 Å². The molecule has 122 valence electrons. The van der Waals surface area contributed by atoms with Crippen molar-refractivity contribution in [3.63, 3.8) is 0 Å². The highest BCUT2D eigenvalue weighted by molar-refractivity contribution is 5.87. The number of aromatic carboxylic acids is 1. The number of carbonyl (C=O) groups excluding carboxylic acids is 1. The van der Waals surface area contributed by atoms with Gasteiger partial charge >= 0.3 is 5.97 Å². The molecule has 6 heteroatoms. The third kappa shape index (κ3) is 4.67. The van der Waals surface area contributed by atoms with Gasteiger partial charge in [0.2, 0.25) is 5.91 Å². The quantitative estimate of drug-likeness (QED) is 0.817. The number of benzene rings is 1. The van der Waals surface area contributed by atoms with Crippen molar-refractivity contribution in [2.45, 2.75) is 33.1 Å². The van der Waals surface area contributed by atoms with Gasteiger partial charge in [-0.05, 0) is 44.4 Å². The number of carboxylic acid groups (broad SMARTS) is 1. The molecule has 0 radical (unpaired) electrons. The number of carboxylic acids is 1. The Hall–Kier alpha value is -2.63. The number of hydrogen-bond acceptors (Lipinski definition) is 4. The van der Waals surface area contributed by atoms with E-state index in [1.54, 1.807) is 24.3 Å². The number of aryl methyl sites for hydroxylation is 3. The van der Waals surface area contributed by atoms with Crippen molar-refractivity contribution in [3.8, 4) is 0 Å². The zero-order valence-corrected chi connectivity index (χ0v) is 13.3. The number of rotatable bonds is 7. The Kier molecular flexibility index (Phi) is 5.51. The van der Waals surface area contributed by atoms with E-state index < -0.39 is 5.97 Å². The van der Waals surface area contributed by atoms with Crippen LogP contribution in [0.2, 0.25) is 0 Å². The van der Waals surface area contributed by atoms with Gasteiger partial charge in [0.1, 0.15) is 5.76 Å². The van der Waals surface area contributed by atoms with Crippen LogP contribution in [0.15, 0.2) is 28.8 Å². The Morgan fingerprint density at radius 2 is 1.87 bits per heavy atom. The Balaban J connectivity index is 1.74. The van der Waals surface area contributed by atoms with E-state index in [0.717, 1.165) is 22.6 Å². The maximum atomic E-state index is 11.8. The Bertz CT molecular complexity index is 670. The minimum Gasteiger partial charge on any atom is -0.478 e. The van der Waals surface area contributed by atoms with Gasteiger partial charge in [-0.25, -0.2) is 4.79 Å². The molecule has 0 aliphatic carbocycles. The zero-order chi connectivity index (χ0) is 16.8. The molecule has 0 aliphatic rings. The molecule has 2 N–H and O–H groups in total. The fourth-order valence-electron chi connectivity index (χ4n) is 2.35. The lowest BCUT2D eigenvalue weighted by atomic mass is 10.1. The molecule has 0 saturated carbocycles. The van der Waals surface area contributed by atoms with E-state index in [2.05, 4.69) is 10.5 Å². The lowest BCUT2D eigenvalue weighted by Crippen LogP contribution is -2.26. The topological polar surface area (TPSA) is 92.4 Å². The average Bonchev–Trinajstić information content (AvgIpc) is 2.85. The minimum absolute atomic E-state index is 0.0286. The first-order valence-electron chi connectivity index (χ1n) is 7.48. The number of aromatic nitrogens is 1. The number of carbonyl (C=O) groups is 2. The minimum atomic E-state index is -0.950. The summed E-state index contributed by atoms with van der Waals surface area (Å²) >= 11 is 0. The molecule has 0 atom stereocenters. The molecule has 0 unspecified atom stereocenters. The molecule has 0 aliphatic heterocycles. The van der Waals surface area contributed by atoms with Crippen molar-refractivity contribution in [2.75, 3.05) is 6.54 Å². The first kappa shape index (κ1) is 16.7. The van der Waals surface area contributed by atoms with E-state index >= 15 is 0 Å². The van der Waals surface area contributed by atoms with E-state index in [4.69, 9.17) is 9.63 Å². The van der Waals surface area contributed by atoms with Crippen molar-refractivity contribution in [1.29, 1.82) is 0 Å². The summed E-state index contributed by atoms with van der Waals surface area (Å²) < 4.78 is 5.08. The van der Waals surface area contributed by atoms with Crippen LogP contribution in [-0.2, 0) is 17.6 Å². The summed E-state index contributed by atoms with van der Waals surface area (Å²) in [4.78, 5) is 22.6. The van der Waals surface area contributed by atoms with E-state index in [-0.39, 0.29) is 11.5 Å². The molecule has 0 spiro atoms. The summed E-state index contributed by atoms with van der Waals surface area (Å²) in [5, 5.41) is 15.6. The molecule has 6 nitrogen and oxygen atoms in total. The van der Waals surface area contributed by atoms with Crippen LogP contribution < -0.4 is 5.32 Å². The Morgan fingerprint density at radius 3 is 2.43 bits per heavy atom. The second-order valence-electron chi connectivity index (χ2n) is 5.40. The highest BCUT2D eigenvalue weighted by atomic mass is 16.5. The molecule has 23 heavy (non-hydrogen) atoms. The fourth-order valence-corrected chi connectivity index (χ4v) is 2.35. The summed E-state index contributed by atoms with van der Waals surface area (Å²) in [6.45, 7) is 4.28. The van der Waals surface area contributed by atoms with Crippen LogP contribution in [0.4, 0.5) is 0 Å². The summed E-state index contributed by atoms with van der Waals surface area (Å²) in [7, 11) is 0. The molecule has 2 aromatic rings. The third-order valence-corrected chi connectivity index (χ3v) is 3.72. The molecule has 0 saturated heterocycles. The fraction of sp³-hybridized carbons (Fsp3) is 0.353. The van der Waals surface area contributed by atoms with E-state index in [0.29, 0.717) is 25.8 Å². The molecule has 1 amide bonds. The maximum Gasteiger partial charge on any atom is 0.335 e. The SMILES string of the molecule is Cc1noc(C)c1CCNC(=O)CCc1ccc(C(=O)O)cc1. The van der Waals surface area contributed by atoms with Crippen LogP contribution in [0.1, 0.15) is 39.4 Å². The van der Waals surface area contributed by atoms with Gasteiger partial charge < -0.3 is 14.9 Å². The van der Waals surface area contributed by atoms with Gasteiger partial charge in [-0.1, -0.05) is 17.3 Å². The van der Waals surface area contributed by atoms with Crippen molar-refractivity contribution >= 4 is 11.9 Å². The van der Waals surface area contributed by atoms with Crippen molar-refractivity contribution in [2.24, 2.45) is 0 Å². The lowest BCUT2D eigenvalue weighted by Gasteiger charge is -2.05. The largest absolute Gasteiger partial charge is 0.478 e. The standard InChI is InChI=1S/C17H20N2O4/c1-11-15(12(2)23-19-11)9-10-18-16(20)8-5-13-3-6-14(7-4-13)17(21)22/h3-4,6-7H,5,8-10H2,1-2H3,(H,18,20)(H,21,22).